The van der Waals surface area contributed by atoms with E-state index in [0.29, 0.717) is 39.6 Å². The molecule has 1 saturated heterocycles. The molecule has 8 heteroatoms. The first-order valence-corrected chi connectivity index (χ1v) is 10.4. The lowest BCUT2D eigenvalue weighted by molar-refractivity contribution is -0.122. The molecular formula is C23H18N2O5S. The van der Waals surface area contributed by atoms with Crippen LogP contribution in [0.3, 0.4) is 0 Å². The van der Waals surface area contributed by atoms with Crippen molar-refractivity contribution in [1.82, 2.24) is 4.90 Å². The van der Waals surface area contributed by atoms with Crippen LogP contribution in [0, 0.1) is 0 Å². The molecular weight excluding hydrogens is 416 g/mol. The molecule has 0 atom stereocenters. The molecule has 156 valence electrons. The van der Waals surface area contributed by atoms with E-state index in [0.717, 1.165) is 11.3 Å². The van der Waals surface area contributed by atoms with Crippen LogP contribution in [0.4, 0.5) is 5.69 Å². The highest BCUT2D eigenvalue weighted by Crippen LogP contribution is 2.41. The van der Waals surface area contributed by atoms with Crippen LogP contribution in [0.1, 0.15) is 11.3 Å². The molecule has 31 heavy (non-hydrogen) atoms. The third-order valence-corrected chi connectivity index (χ3v) is 5.78. The summed E-state index contributed by atoms with van der Waals surface area (Å²) in [6.45, 7) is 0.455. The van der Waals surface area contributed by atoms with Gasteiger partial charge in [-0.15, -0.1) is 0 Å². The Morgan fingerprint density at radius 1 is 1.13 bits per heavy atom. The first kappa shape index (κ1) is 19.3. The van der Waals surface area contributed by atoms with Crippen molar-refractivity contribution in [3.63, 3.8) is 0 Å². The van der Waals surface area contributed by atoms with Crippen molar-refractivity contribution in [2.75, 3.05) is 13.9 Å². The lowest BCUT2D eigenvalue weighted by Crippen LogP contribution is -2.28. The molecule has 2 aliphatic rings. The number of amides is 1. The Hall–Kier alpha value is -3.65. The van der Waals surface area contributed by atoms with Crippen molar-refractivity contribution in [2.45, 2.75) is 6.54 Å². The van der Waals surface area contributed by atoms with Gasteiger partial charge in [0.05, 0.1) is 30.5 Å². The van der Waals surface area contributed by atoms with Crippen molar-refractivity contribution >= 4 is 34.6 Å². The smallest absolute Gasteiger partial charge is 0.267 e. The number of fused-ring (bicyclic) bond motifs is 1. The predicted molar refractivity (Wildman–Crippen MR) is 117 cm³/mol. The highest BCUT2D eigenvalue weighted by atomic mass is 32.2. The number of thioether (sulfide) groups is 1. The zero-order chi connectivity index (χ0) is 21.2. The van der Waals surface area contributed by atoms with Crippen molar-refractivity contribution < 1.29 is 23.4 Å². The fourth-order valence-electron chi connectivity index (χ4n) is 3.27. The summed E-state index contributed by atoms with van der Waals surface area (Å²) in [6.07, 6.45) is 3.38. The van der Waals surface area contributed by atoms with Crippen molar-refractivity contribution in [3.8, 4) is 17.2 Å². The summed E-state index contributed by atoms with van der Waals surface area (Å²) in [5, 5.41) is 0.582. The van der Waals surface area contributed by atoms with E-state index >= 15 is 0 Å². The van der Waals surface area contributed by atoms with E-state index in [1.54, 1.807) is 36.5 Å². The number of hydrogen-bond donors (Lipinski definition) is 0. The van der Waals surface area contributed by atoms with Crippen LogP contribution in [-0.4, -0.2) is 29.9 Å². The van der Waals surface area contributed by atoms with Gasteiger partial charge in [-0.3, -0.25) is 9.69 Å². The lowest BCUT2D eigenvalue weighted by Gasteiger charge is -2.13. The normalized spacial score (nSPS) is 17.7. The fourth-order valence-corrected chi connectivity index (χ4v) is 4.26. The molecule has 3 heterocycles. The molecule has 5 rings (SSSR count). The SMILES string of the molecule is COc1cc2c(cc1/C=C1/SC(=Nc3ccccc3)N(Cc3ccco3)C1=O)OCO2. The molecule has 0 spiro atoms. The van der Waals surface area contributed by atoms with E-state index in [2.05, 4.69) is 4.99 Å². The Morgan fingerprint density at radius 2 is 1.94 bits per heavy atom. The maximum atomic E-state index is 13.3. The molecule has 1 amide bonds. The van der Waals surface area contributed by atoms with Gasteiger partial charge in [-0.2, -0.15) is 0 Å². The van der Waals surface area contributed by atoms with Gasteiger partial charge in [0.1, 0.15) is 11.5 Å². The zero-order valence-electron chi connectivity index (χ0n) is 16.6. The van der Waals surface area contributed by atoms with Crippen molar-refractivity contribution in [2.24, 2.45) is 4.99 Å². The molecule has 3 aromatic rings. The Labute approximate surface area is 182 Å². The summed E-state index contributed by atoms with van der Waals surface area (Å²) in [6, 6.07) is 16.7. The second-order valence-corrected chi connectivity index (χ2v) is 7.77. The van der Waals surface area contributed by atoms with Gasteiger partial charge in [-0.1, -0.05) is 18.2 Å². The van der Waals surface area contributed by atoms with Crippen molar-refractivity contribution in [3.05, 3.63) is 77.1 Å². The number of hydrogen-bond acceptors (Lipinski definition) is 7. The van der Waals surface area contributed by atoms with Crippen LogP contribution in [0.2, 0.25) is 0 Å². The Morgan fingerprint density at radius 3 is 2.68 bits per heavy atom. The molecule has 0 saturated carbocycles. The predicted octanol–water partition coefficient (Wildman–Crippen LogP) is 4.82. The molecule has 1 aromatic heterocycles. The van der Waals surface area contributed by atoms with Crippen LogP contribution < -0.4 is 14.2 Å². The summed E-state index contributed by atoms with van der Waals surface area (Å²) in [5.74, 6) is 2.35. The van der Waals surface area contributed by atoms with Gasteiger partial charge >= 0.3 is 0 Å². The maximum absolute atomic E-state index is 13.3. The van der Waals surface area contributed by atoms with E-state index in [9.17, 15) is 4.79 Å². The number of carbonyl (C=O) groups excluding carboxylic acids is 1. The van der Waals surface area contributed by atoms with Gasteiger partial charge in [0.2, 0.25) is 6.79 Å². The van der Waals surface area contributed by atoms with E-state index < -0.39 is 0 Å². The van der Waals surface area contributed by atoms with Gasteiger partial charge in [0.25, 0.3) is 5.91 Å². The number of aliphatic imine (C=N–C) groups is 1. The first-order chi connectivity index (χ1) is 15.2. The number of benzene rings is 2. The lowest BCUT2D eigenvalue weighted by atomic mass is 10.1. The standard InChI is InChI=1S/C23H18N2O5S/c1-27-18-12-20-19(29-14-30-20)10-15(18)11-21-22(26)25(13-17-8-5-9-28-17)23(31-21)24-16-6-3-2-4-7-16/h2-12H,13-14H2,1H3/b21-11+,24-23?. The van der Waals surface area contributed by atoms with Crippen LogP contribution >= 0.6 is 11.8 Å². The van der Waals surface area contributed by atoms with Crippen LogP contribution in [-0.2, 0) is 11.3 Å². The topological polar surface area (TPSA) is 73.5 Å². The Kier molecular flexibility index (Phi) is 5.13. The molecule has 0 N–H and O–H groups in total. The number of carbonyl (C=O) groups is 1. The van der Waals surface area contributed by atoms with Gasteiger partial charge in [-0.25, -0.2) is 4.99 Å². The maximum Gasteiger partial charge on any atom is 0.267 e. The van der Waals surface area contributed by atoms with E-state index in [-0.39, 0.29) is 12.7 Å². The van der Waals surface area contributed by atoms with E-state index in [4.69, 9.17) is 18.6 Å². The highest BCUT2D eigenvalue weighted by Gasteiger charge is 2.34. The molecule has 0 unspecified atom stereocenters. The average Bonchev–Trinajstić information content (AvgIpc) is 3.52. The Bertz CT molecular complexity index is 1170. The average molecular weight is 434 g/mol. The fraction of sp³-hybridized carbons (Fsp3) is 0.130. The third-order valence-electron chi connectivity index (χ3n) is 4.77. The third kappa shape index (κ3) is 3.89. The molecule has 0 radical (unpaired) electrons. The summed E-state index contributed by atoms with van der Waals surface area (Å²) in [5.41, 5.74) is 1.49. The van der Waals surface area contributed by atoms with Gasteiger partial charge in [0, 0.05) is 11.6 Å². The van der Waals surface area contributed by atoms with E-state index in [1.807, 2.05) is 42.5 Å². The van der Waals surface area contributed by atoms with E-state index in [1.165, 1.54) is 11.8 Å². The summed E-state index contributed by atoms with van der Waals surface area (Å²) in [4.78, 5) is 20.1. The number of methoxy groups -OCH3 is 1. The quantitative estimate of drug-likeness (QED) is 0.536. The minimum Gasteiger partial charge on any atom is -0.496 e. The minimum atomic E-state index is -0.157. The van der Waals surface area contributed by atoms with Gasteiger partial charge in [-0.05, 0) is 48.2 Å². The summed E-state index contributed by atoms with van der Waals surface area (Å²) in [7, 11) is 1.58. The van der Waals surface area contributed by atoms with Crippen LogP contribution in [0.15, 0.2) is 75.2 Å². The molecule has 0 aliphatic carbocycles. The second kappa shape index (κ2) is 8.23. The van der Waals surface area contributed by atoms with Crippen molar-refractivity contribution in [1.29, 1.82) is 0 Å². The summed E-state index contributed by atoms with van der Waals surface area (Å²) < 4.78 is 21.8. The molecule has 1 fully saturated rings. The largest absolute Gasteiger partial charge is 0.496 e. The monoisotopic (exact) mass is 434 g/mol. The van der Waals surface area contributed by atoms with Gasteiger partial charge < -0.3 is 18.6 Å². The zero-order valence-corrected chi connectivity index (χ0v) is 17.4. The number of nitrogens with zero attached hydrogens (tertiary/aromatic N) is 2. The van der Waals surface area contributed by atoms with Crippen LogP contribution in [0.25, 0.3) is 6.08 Å². The number of para-hydroxylation sites is 1. The number of ether oxygens (including phenoxy) is 3. The number of furan rings is 1. The minimum absolute atomic E-state index is 0.157. The molecule has 0 bridgehead atoms. The molecule has 2 aromatic carbocycles. The molecule has 7 nitrogen and oxygen atoms in total. The molecule has 2 aliphatic heterocycles. The van der Waals surface area contributed by atoms with Gasteiger partial charge in [0.15, 0.2) is 16.7 Å². The number of amidine groups is 1. The second-order valence-electron chi connectivity index (χ2n) is 6.76. The first-order valence-electron chi connectivity index (χ1n) is 9.56. The Balaban J connectivity index is 1.53. The highest BCUT2D eigenvalue weighted by molar-refractivity contribution is 8.18. The van der Waals surface area contributed by atoms with Crippen LogP contribution in [0.5, 0.6) is 17.2 Å². The number of rotatable bonds is 5. The summed E-state index contributed by atoms with van der Waals surface area (Å²) >= 11 is 1.31.